The van der Waals surface area contributed by atoms with Gasteiger partial charge in [-0.1, -0.05) is 0 Å². The van der Waals surface area contributed by atoms with Gasteiger partial charge in [0.15, 0.2) is 0 Å². The molecule has 0 bridgehead atoms. The quantitative estimate of drug-likeness (QED) is 0.581. The zero-order chi connectivity index (χ0) is 20.8. The molecule has 2 aromatic carbocycles. The Morgan fingerprint density at radius 1 is 0.500 bits per heavy atom. The first-order valence-corrected chi connectivity index (χ1v) is 8.56. The highest BCUT2D eigenvalue weighted by Gasteiger charge is 2.30. The van der Waals surface area contributed by atoms with Crippen LogP contribution < -0.4 is 39.9 Å². The summed E-state index contributed by atoms with van der Waals surface area (Å²) in [6, 6.07) is 5.54. The first-order chi connectivity index (χ1) is 13.4. The molecule has 0 radical (unpaired) electrons. The van der Waals surface area contributed by atoms with Crippen molar-refractivity contribution in [2.24, 2.45) is 11.5 Å². The molecule has 30 heavy (non-hydrogen) atoms. The maximum absolute atomic E-state index is 6.56. The van der Waals surface area contributed by atoms with E-state index in [1.807, 2.05) is 0 Å². The molecule has 8 nitrogen and oxygen atoms in total. The first-order valence-electron chi connectivity index (χ1n) is 8.56. The van der Waals surface area contributed by atoms with E-state index >= 15 is 0 Å². The van der Waals surface area contributed by atoms with Gasteiger partial charge in [0, 0.05) is 24.3 Å². The molecule has 0 aliphatic rings. The molecule has 0 spiro atoms. The Balaban J connectivity index is 0.00000420. The fourth-order valence-electron chi connectivity index (χ4n) is 3.08. The Morgan fingerprint density at radius 3 is 0.900 bits per heavy atom. The van der Waals surface area contributed by atoms with E-state index in [-0.39, 0.29) is 24.8 Å². The Hall–Kier alpha value is -2.26. The summed E-state index contributed by atoms with van der Waals surface area (Å²) in [5.74, 6) is 3.18. The number of benzene rings is 2. The molecule has 2 rings (SSSR count). The number of methoxy groups -OCH3 is 6. The standard InChI is InChI=1S/C20H28N2O6.2ClH/c1-23-11-7-13(25-3)17(14(8-11)26-4)19(21)20(22)18-15(27-5)9-12(24-2)10-16(18)28-6;;/h7-10,19-20H,21-22H2,1-6H3;2*1H/t19-,20-;;/m1../s1. The Bertz CT molecular complexity index is 704. The highest BCUT2D eigenvalue weighted by Crippen LogP contribution is 2.45. The molecule has 0 aliphatic heterocycles. The van der Waals surface area contributed by atoms with Crippen molar-refractivity contribution in [2.75, 3.05) is 42.7 Å². The molecule has 0 aromatic heterocycles. The van der Waals surface area contributed by atoms with Gasteiger partial charge in [0.1, 0.15) is 34.5 Å². The second kappa shape index (κ2) is 12.4. The predicted molar refractivity (Wildman–Crippen MR) is 121 cm³/mol. The van der Waals surface area contributed by atoms with E-state index in [0.717, 1.165) is 0 Å². The average molecular weight is 465 g/mol. The summed E-state index contributed by atoms with van der Waals surface area (Å²) in [7, 11) is 9.31. The van der Waals surface area contributed by atoms with Crippen molar-refractivity contribution in [1.29, 1.82) is 0 Å². The van der Waals surface area contributed by atoms with E-state index < -0.39 is 12.1 Å². The van der Waals surface area contributed by atoms with Gasteiger partial charge in [0.05, 0.1) is 65.9 Å². The van der Waals surface area contributed by atoms with Crippen LogP contribution in [0.25, 0.3) is 0 Å². The predicted octanol–water partition coefficient (Wildman–Crippen LogP) is 3.28. The van der Waals surface area contributed by atoms with E-state index in [4.69, 9.17) is 39.9 Å². The van der Waals surface area contributed by atoms with Crippen molar-refractivity contribution < 1.29 is 28.4 Å². The number of rotatable bonds is 9. The van der Waals surface area contributed by atoms with E-state index in [1.165, 1.54) is 0 Å². The zero-order valence-corrected chi connectivity index (χ0v) is 19.5. The van der Waals surface area contributed by atoms with Crippen LogP contribution in [0.4, 0.5) is 0 Å². The number of ether oxygens (including phenoxy) is 6. The van der Waals surface area contributed by atoms with Gasteiger partial charge in [-0.2, -0.15) is 0 Å². The molecule has 0 saturated carbocycles. The Kier molecular flexibility index (Phi) is 11.5. The van der Waals surface area contributed by atoms with Gasteiger partial charge in [-0.3, -0.25) is 0 Å². The lowest BCUT2D eigenvalue weighted by Gasteiger charge is -2.27. The Labute approximate surface area is 189 Å². The smallest absolute Gasteiger partial charge is 0.131 e. The third-order valence-corrected chi connectivity index (χ3v) is 4.56. The van der Waals surface area contributed by atoms with Crippen molar-refractivity contribution in [2.45, 2.75) is 12.1 Å². The van der Waals surface area contributed by atoms with Gasteiger partial charge in [0.2, 0.25) is 0 Å². The second-order valence-electron chi connectivity index (χ2n) is 5.94. The van der Waals surface area contributed by atoms with E-state index in [0.29, 0.717) is 45.6 Å². The molecular weight excluding hydrogens is 435 g/mol. The summed E-state index contributed by atoms with van der Waals surface area (Å²) in [6.45, 7) is 0. The molecule has 0 heterocycles. The lowest BCUT2D eigenvalue weighted by molar-refractivity contribution is 0.347. The van der Waals surface area contributed by atoms with Gasteiger partial charge in [-0.15, -0.1) is 24.8 Å². The van der Waals surface area contributed by atoms with Gasteiger partial charge < -0.3 is 39.9 Å². The van der Waals surface area contributed by atoms with Crippen molar-refractivity contribution in [3.8, 4) is 34.5 Å². The number of hydrogen-bond acceptors (Lipinski definition) is 8. The van der Waals surface area contributed by atoms with Gasteiger partial charge in [0.25, 0.3) is 0 Å². The number of nitrogens with two attached hydrogens (primary N) is 2. The van der Waals surface area contributed by atoms with Crippen LogP contribution in [0.3, 0.4) is 0 Å². The maximum Gasteiger partial charge on any atom is 0.131 e. The largest absolute Gasteiger partial charge is 0.496 e. The van der Waals surface area contributed by atoms with Crippen LogP contribution in [0.15, 0.2) is 24.3 Å². The summed E-state index contributed by atoms with van der Waals surface area (Å²) < 4.78 is 32.6. The lowest BCUT2D eigenvalue weighted by Crippen LogP contribution is -2.28. The molecule has 10 heteroatoms. The topological polar surface area (TPSA) is 107 Å². The van der Waals surface area contributed by atoms with Crippen LogP contribution in [0, 0.1) is 0 Å². The normalized spacial score (nSPS) is 11.9. The summed E-state index contributed by atoms with van der Waals surface area (Å²) in [5, 5.41) is 0. The first kappa shape index (κ1) is 27.7. The molecule has 0 saturated heterocycles. The molecule has 0 unspecified atom stereocenters. The van der Waals surface area contributed by atoms with E-state index in [2.05, 4.69) is 0 Å². The summed E-state index contributed by atoms with van der Waals surface area (Å²) >= 11 is 0. The average Bonchev–Trinajstić information content (AvgIpc) is 2.75. The van der Waals surface area contributed by atoms with Crippen LogP contribution in [0.2, 0.25) is 0 Å². The molecule has 0 fully saturated rings. The van der Waals surface area contributed by atoms with Crippen LogP contribution in [-0.2, 0) is 0 Å². The highest BCUT2D eigenvalue weighted by atomic mass is 35.5. The summed E-state index contributed by atoms with van der Waals surface area (Å²) in [5.41, 5.74) is 14.3. The van der Waals surface area contributed by atoms with Crippen LogP contribution in [0.1, 0.15) is 23.2 Å². The molecule has 170 valence electrons. The van der Waals surface area contributed by atoms with Gasteiger partial charge >= 0.3 is 0 Å². The third kappa shape index (κ3) is 5.46. The lowest BCUT2D eigenvalue weighted by atomic mass is 9.92. The molecular formula is C20H30Cl2N2O6. The minimum Gasteiger partial charge on any atom is -0.496 e. The van der Waals surface area contributed by atoms with Crippen molar-refractivity contribution in [3.05, 3.63) is 35.4 Å². The van der Waals surface area contributed by atoms with Crippen molar-refractivity contribution in [1.82, 2.24) is 0 Å². The molecule has 0 amide bonds. The Morgan fingerprint density at radius 2 is 0.733 bits per heavy atom. The second-order valence-corrected chi connectivity index (χ2v) is 5.94. The minimum absolute atomic E-state index is 0. The van der Waals surface area contributed by atoms with Crippen LogP contribution in [0.5, 0.6) is 34.5 Å². The molecule has 2 atom stereocenters. The van der Waals surface area contributed by atoms with Crippen LogP contribution >= 0.6 is 24.8 Å². The van der Waals surface area contributed by atoms with E-state index in [1.54, 1.807) is 66.9 Å². The fourth-order valence-corrected chi connectivity index (χ4v) is 3.08. The van der Waals surface area contributed by atoms with Crippen LogP contribution in [-0.4, -0.2) is 42.7 Å². The third-order valence-electron chi connectivity index (χ3n) is 4.56. The SMILES string of the molecule is COc1cc(OC)c([C@@H](N)[C@H](N)c2c(OC)cc(OC)cc2OC)c(OC)c1.Cl.Cl. The molecule has 0 aliphatic carbocycles. The number of halogens is 2. The van der Waals surface area contributed by atoms with Gasteiger partial charge in [-0.25, -0.2) is 0 Å². The highest BCUT2D eigenvalue weighted by molar-refractivity contribution is 5.85. The van der Waals surface area contributed by atoms with Crippen molar-refractivity contribution in [3.63, 3.8) is 0 Å². The monoisotopic (exact) mass is 464 g/mol. The molecule has 4 N–H and O–H groups in total. The fraction of sp³-hybridized carbons (Fsp3) is 0.400. The maximum atomic E-state index is 6.56. The van der Waals surface area contributed by atoms with Gasteiger partial charge in [-0.05, 0) is 0 Å². The van der Waals surface area contributed by atoms with E-state index in [9.17, 15) is 0 Å². The summed E-state index contributed by atoms with van der Waals surface area (Å²) in [6.07, 6.45) is 0. The zero-order valence-electron chi connectivity index (χ0n) is 17.9. The molecule has 2 aromatic rings. The summed E-state index contributed by atoms with van der Waals surface area (Å²) in [4.78, 5) is 0. The minimum atomic E-state index is -0.688. The van der Waals surface area contributed by atoms with Crippen molar-refractivity contribution >= 4 is 24.8 Å². The number of hydrogen-bond donors (Lipinski definition) is 2.